The number of rotatable bonds is 4. The monoisotopic (exact) mass is 470 g/mol. The van der Waals surface area contributed by atoms with Crippen LogP contribution in [0.4, 0.5) is 13.2 Å². The molecule has 1 aliphatic carbocycles. The van der Waals surface area contributed by atoms with Gasteiger partial charge in [-0.25, -0.2) is 0 Å². The summed E-state index contributed by atoms with van der Waals surface area (Å²) >= 11 is 0. The second-order valence-electron chi connectivity index (χ2n) is 10.7. The summed E-state index contributed by atoms with van der Waals surface area (Å²) in [7, 11) is 0. The van der Waals surface area contributed by atoms with Crippen molar-refractivity contribution >= 4 is 11.6 Å². The Bertz CT molecular complexity index is 1070. The molecule has 1 fully saturated rings. The molecular formula is C28H33F3N2O. The van der Waals surface area contributed by atoms with Crippen LogP contribution in [0.1, 0.15) is 75.6 Å². The van der Waals surface area contributed by atoms with Crippen molar-refractivity contribution in [3.63, 3.8) is 0 Å². The minimum Gasteiger partial charge on any atom is -0.308 e. The Hall–Kier alpha value is -2.63. The van der Waals surface area contributed by atoms with E-state index in [9.17, 15) is 18.0 Å². The van der Waals surface area contributed by atoms with Crippen molar-refractivity contribution in [2.75, 3.05) is 0 Å². The molecular weight excluding hydrogens is 437 g/mol. The number of amides is 1. The van der Waals surface area contributed by atoms with Crippen LogP contribution in [-0.4, -0.2) is 22.2 Å². The fourth-order valence-corrected chi connectivity index (χ4v) is 5.27. The molecule has 3 nitrogen and oxygen atoms in total. The minimum absolute atomic E-state index is 0.144. The fraction of sp³-hybridized carbons (Fsp3) is 0.500. The molecule has 6 heteroatoms. The van der Waals surface area contributed by atoms with Gasteiger partial charge in [0.2, 0.25) is 0 Å². The van der Waals surface area contributed by atoms with Crippen LogP contribution >= 0.6 is 0 Å². The third-order valence-electron chi connectivity index (χ3n) is 7.52. The maximum Gasteiger partial charge on any atom is 0.416 e. The number of alkyl halides is 3. The molecule has 1 spiro atoms. The van der Waals surface area contributed by atoms with Gasteiger partial charge in [-0.3, -0.25) is 9.79 Å². The molecule has 0 N–H and O–H groups in total. The zero-order valence-electron chi connectivity index (χ0n) is 20.4. The molecule has 2 aliphatic rings. The number of nitrogens with zero attached hydrogens (tertiary/aromatic N) is 2. The standard InChI is InChI=1S/C28H33F3N2O/c1-5-19-9-11-20(12-10-19)18-33-25(34)24(21-7-6-8-23(17-21)28(29,30)31)32-27(33)15-13-22(14-16-27)26(2,3)4/h6-12,17,22H,5,13-16,18H2,1-4H3. The van der Waals surface area contributed by atoms with Gasteiger partial charge < -0.3 is 4.90 Å². The van der Waals surface area contributed by atoms with E-state index in [1.807, 2.05) is 17.0 Å². The molecule has 0 radical (unpaired) electrons. The summed E-state index contributed by atoms with van der Waals surface area (Å²) in [6, 6.07) is 13.2. The molecule has 1 saturated carbocycles. The Labute approximate surface area is 200 Å². The molecule has 0 bridgehead atoms. The Morgan fingerprint density at radius 1 is 1.00 bits per heavy atom. The lowest BCUT2D eigenvalue weighted by atomic mass is 9.69. The van der Waals surface area contributed by atoms with E-state index in [0.29, 0.717) is 12.5 Å². The number of carbonyl (C=O) groups is 1. The van der Waals surface area contributed by atoms with Gasteiger partial charge in [-0.1, -0.05) is 64.1 Å². The summed E-state index contributed by atoms with van der Waals surface area (Å²) < 4.78 is 40.0. The van der Waals surface area contributed by atoms with Gasteiger partial charge in [0.15, 0.2) is 0 Å². The van der Waals surface area contributed by atoms with Crippen LogP contribution in [0.25, 0.3) is 0 Å². The van der Waals surface area contributed by atoms with Crippen LogP contribution in [-0.2, 0) is 23.9 Å². The first-order valence-corrected chi connectivity index (χ1v) is 12.1. The fourth-order valence-electron chi connectivity index (χ4n) is 5.27. The van der Waals surface area contributed by atoms with E-state index in [1.54, 1.807) is 6.07 Å². The maximum absolute atomic E-state index is 13.7. The quantitative estimate of drug-likeness (QED) is 0.472. The highest BCUT2D eigenvalue weighted by molar-refractivity contribution is 6.46. The summed E-state index contributed by atoms with van der Waals surface area (Å²) in [6.45, 7) is 9.20. The number of carbonyl (C=O) groups excluding carboxylic acids is 1. The highest BCUT2D eigenvalue weighted by Gasteiger charge is 2.50. The second-order valence-corrected chi connectivity index (χ2v) is 10.7. The molecule has 182 valence electrons. The van der Waals surface area contributed by atoms with Crippen LogP contribution in [0.5, 0.6) is 0 Å². The normalized spacial score (nSPS) is 23.5. The second kappa shape index (κ2) is 8.86. The number of hydrogen-bond donors (Lipinski definition) is 0. The molecule has 0 unspecified atom stereocenters. The van der Waals surface area contributed by atoms with Crippen molar-refractivity contribution in [2.45, 2.75) is 78.2 Å². The predicted octanol–water partition coefficient (Wildman–Crippen LogP) is 7.03. The van der Waals surface area contributed by atoms with Crippen molar-refractivity contribution in [3.05, 3.63) is 70.8 Å². The van der Waals surface area contributed by atoms with Gasteiger partial charge in [0, 0.05) is 12.1 Å². The highest BCUT2D eigenvalue weighted by Crippen LogP contribution is 2.47. The van der Waals surface area contributed by atoms with Crippen LogP contribution < -0.4 is 0 Å². The van der Waals surface area contributed by atoms with E-state index < -0.39 is 17.4 Å². The van der Waals surface area contributed by atoms with Crippen LogP contribution in [0.2, 0.25) is 0 Å². The SMILES string of the molecule is CCc1ccc(CN2C(=O)C(c3cccc(C(F)(F)F)c3)=NC23CCC(C(C)(C)C)CC3)cc1. The molecule has 0 saturated heterocycles. The molecule has 1 heterocycles. The number of aliphatic imine (C=N–C) groups is 1. The van der Waals surface area contributed by atoms with Gasteiger partial charge in [0.05, 0.1) is 5.56 Å². The van der Waals surface area contributed by atoms with Crippen molar-refractivity contribution in [1.29, 1.82) is 0 Å². The van der Waals surface area contributed by atoms with Crippen LogP contribution in [0.3, 0.4) is 0 Å². The van der Waals surface area contributed by atoms with E-state index in [2.05, 4.69) is 39.8 Å². The van der Waals surface area contributed by atoms with E-state index in [1.165, 1.54) is 11.6 Å². The van der Waals surface area contributed by atoms with Crippen LogP contribution in [0, 0.1) is 11.3 Å². The van der Waals surface area contributed by atoms with E-state index >= 15 is 0 Å². The largest absolute Gasteiger partial charge is 0.416 e. The van der Waals surface area contributed by atoms with Gasteiger partial charge in [-0.05, 0) is 66.7 Å². The molecule has 2 aromatic carbocycles. The molecule has 0 aromatic heterocycles. The van der Waals surface area contributed by atoms with E-state index in [-0.39, 0.29) is 22.6 Å². The average Bonchev–Trinajstić information content (AvgIpc) is 3.05. The van der Waals surface area contributed by atoms with Crippen molar-refractivity contribution < 1.29 is 18.0 Å². The van der Waals surface area contributed by atoms with Crippen molar-refractivity contribution in [3.8, 4) is 0 Å². The maximum atomic E-state index is 13.7. The van der Waals surface area contributed by atoms with Gasteiger partial charge in [0.1, 0.15) is 11.4 Å². The number of halogens is 3. The molecule has 1 amide bonds. The van der Waals surface area contributed by atoms with Gasteiger partial charge in [0.25, 0.3) is 5.91 Å². The smallest absolute Gasteiger partial charge is 0.308 e. The zero-order chi connectivity index (χ0) is 24.7. The molecule has 4 rings (SSSR count). The third kappa shape index (κ3) is 4.77. The van der Waals surface area contributed by atoms with Crippen molar-refractivity contribution in [1.82, 2.24) is 4.90 Å². The summed E-state index contributed by atoms with van der Waals surface area (Å²) in [5, 5.41) is 0. The van der Waals surface area contributed by atoms with Gasteiger partial charge in [-0.15, -0.1) is 0 Å². The molecule has 34 heavy (non-hydrogen) atoms. The molecule has 1 aliphatic heterocycles. The average molecular weight is 471 g/mol. The Morgan fingerprint density at radius 3 is 2.18 bits per heavy atom. The number of hydrogen-bond acceptors (Lipinski definition) is 2. The molecule has 0 atom stereocenters. The first-order chi connectivity index (χ1) is 15.9. The summed E-state index contributed by atoms with van der Waals surface area (Å²) in [6.07, 6.45) is -0.236. The summed E-state index contributed by atoms with van der Waals surface area (Å²) in [5.74, 6) is 0.236. The number of benzene rings is 2. The summed E-state index contributed by atoms with van der Waals surface area (Å²) in [5.41, 5.74) is 1.30. The zero-order valence-corrected chi connectivity index (χ0v) is 20.4. The minimum atomic E-state index is -4.47. The third-order valence-corrected chi connectivity index (χ3v) is 7.52. The molecule has 2 aromatic rings. The lowest BCUT2D eigenvalue weighted by Gasteiger charge is -2.44. The lowest BCUT2D eigenvalue weighted by molar-refractivity contribution is -0.137. The van der Waals surface area contributed by atoms with Gasteiger partial charge in [-0.2, -0.15) is 13.2 Å². The first-order valence-electron chi connectivity index (χ1n) is 12.1. The van der Waals surface area contributed by atoms with Crippen molar-refractivity contribution in [2.24, 2.45) is 16.3 Å². The summed E-state index contributed by atoms with van der Waals surface area (Å²) in [4.78, 5) is 20.4. The lowest BCUT2D eigenvalue weighted by Crippen LogP contribution is -2.49. The Balaban J connectivity index is 1.70. The topological polar surface area (TPSA) is 32.7 Å². The van der Waals surface area contributed by atoms with Gasteiger partial charge >= 0.3 is 6.18 Å². The Kier molecular flexibility index (Phi) is 6.38. The Morgan fingerprint density at radius 2 is 1.62 bits per heavy atom. The van der Waals surface area contributed by atoms with Crippen LogP contribution in [0.15, 0.2) is 53.5 Å². The highest BCUT2D eigenvalue weighted by atomic mass is 19.4. The van der Waals surface area contributed by atoms with E-state index in [0.717, 1.165) is 49.8 Å². The van der Waals surface area contributed by atoms with E-state index in [4.69, 9.17) is 4.99 Å². The predicted molar refractivity (Wildman–Crippen MR) is 128 cm³/mol. The first kappa shape index (κ1) is 24.5. The number of aryl methyl sites for hydroxylation is 1.